The van der Waals surface area contributed by atoms with E-state index < -0.39 is 22.5 Å². The van der Waals surface area contributed by atoms with Gasteiger partial charge in [0, 0.05) is 30.8 Å². The third kappa shape index (κ3) is 5.74. The van der Waals surface area contributed by atoms with E-state index in [0.29, 0.717) is 18.7 Å². The van der Waals surface area contributed by atoms with Gasteiger partial charge in [0.05, 0.1) is 7.11 Å². The lowest BCUT2D eigenvalue weighted by Crippen LogP contribution is -2.32. The van der Waals surface area contributed by atoms with Crippen LogP contribution in [0.25, 0.3) is 0 Å². The van der Waals surface area contributed by atoms with Crippen LogP contribution in [0.2, 0.25) is 0 Å². The monoisotopic (exact) mass is 468 g/mol. The van der Waals surface area contributed by atoms with Crippen LogP contribution in [0.1, 0.15) is 41.6 Å². The van der Waals surface area contributed by atoms with Gasteiger partial charge in [-0.1, -0.05) is 31.0 Å². The Kier molecular flexibility index (Phi) is 8.03. The van der Waals surface area contributed by atoms with Gasteiger partial charge < -0.3 is 14.8 Å². The summed E-state index contributed by atoms with van der Waals surface area (Å²) in [7, 11) is -2.47. The number of rotatable bonds is 8. The van der Waals surface area contributed by atoms with Gasteiger partial charge in [0.2, 0.25) is 10.0 Å². The van der Waals surface area contributed by atoms with E-state index >= 15 is 0 Å². The molecule has 7 nitrogen and oxygen atoms in total. The van der Waals surface area contributed by atoms with Gasteiger partial charge >= 0.3 is 6.61 Å². The SMILES string of the molecule is COc1ccc(C(=O)NCc2ccccc2OC(F)F)cc1S(=O)(=O)N1CCCCCC1. The van der Waals surface area contributed by atoms with Gasteiger partial charge in [0.15, 0.2) is 0 Å². The maximum absolute atomic E-state index is 13.2. The highest BCUT2D eigenvalue weighted by molar-refractivity contribution is 7.89. The summed E-state index contributed by atoms with van der Waals surface area (Å²) in [4.78, 5) is 12.6. The average molecular weight is 469 g/mol. The van der Waals surface area contributed by atoms with E-state index in [2.05, 4.69) is 10.1 Å². The van der Waals surface area contributed by atoms with E-state index in [-0.39, 0.29) is 28.5 Å². The van der Waals surface area contributed by atoms with E-state index in [1.807, 2.05) is 0 Å². The zero-order valence-corrected chi connectivity index (χ0v) is 18.5. The number of carbonyl (C=O) groups excluding carboxylic acids is 1. The maximum Gasteiger partial charge on any atom is 0.387 e. The minimum atomic E-state index is -3.85. The second-order valence-electron chi connectivity index (χ2n) is 7.35. The number of ether oxygens (including phenoxy) is 2. The number of carbonyl (C=O) groups is 1. The summed E-state index contributed by atoms with van der Waals surface area (Å²) in [6.07, 6.45) is 3.51. The van der Waals surface area contributed by atoms with Crippen LogP contribution < -0.4 is 14.8 Å². The molecule has 0 bridgehead atoms. The minimum Gasteiger partial charge on any atom is -0.495 e. The molecule has 1 amide bonds. The largest absolute Gasteiger partial charge is 0.495 e. The summed E-state index contributed by atoms with van der Waals surface area (Å²) in [5.41, 5.74) is 0.485. The molecule has 10 heteroatoms. The molecule has 1 saturated heterocycles. The van der Waals surface area contributed by atoms with Gasteiger partial charge in [-0.15, -0.1) is 0 Å². The van der Waals surface area contributed by atoms with Gasteiger partial charge in [0.1, 0.15) is 16.4 Å². The number of nitrogens with zero attached hydrogens (tertiary/aromatic N) is 1. The number of hydrogen-bond acceptors (Lipinski definition) is 5. The van der Waals surface area contributed by atoms with Crippen LogP contribution in [0.3, 0.4) is 0 Å². The first-order chi connectivity index (χ1) is 15.3. The fourth-order valence-corrected chi connectivity index (χ4v) is 5.28. The Morgan fingerprint density at radius 2 is 1.75 bits per heavy atom. The molecule has 2 aromatic rings. The van der Waals surface area contributed by atoms with Crippen molar-refractivity contribution < 1.29 is 31.5 Å². The van der Waals surface area contributed by atoms with Gasteiger partial charge in [-0.2, -0.15) is 13.1 Å². The third-order valence-electron chi connectivity index (χ3n) is 5.24. The van der Waals surface area contributed by atoms with Crippen molar-refractivity contribution in [2.24, 2.45) is 0 Å². The Hall–Kier alpha value is -2.72. The quantitative estimate of drug-likeness (QED) is 0.637. The molecule has 0 radical (unpaired) electrons. The lowest BCUT2D eigenvalue weighted by Gasteiger charge is -2.21. The molecule has 32 heavy (non-hydrogen) atoms. The molecule has 0 spiro atoms. The Balaban J connectivity index is 1.81. The normalized spacial score (nSPS) is 15.2. The predicted molar refractivity (Wildman–Crippen MR) is 114 cm³/mol. The summed E-state index contributed by atoms with van der Waals surface area (Å²) < 4.78 is 62.8. The number of benzene rings is 2. The van der Waals surface area contributed by atoms with Crippen LogP contribution in [0.4, 0.5) is 8.78 Å². The molecule has 0 saturated carbocycles. The fourth-order valence-electron chi connectivity index (χ4n) is 3.58. The third-order valence-corrected chi connectivity index (χ3v) is 7.16. The standard InChI is InChI=1S/C22H26F2N2O5S/c1-30-19-11-10-16(14-20(19)32(28,29)26-12-6-2-3-7-13-26)21(27)25-15-17-8-4-5-9-18(17)31-22(23)24/h4-5,8-11,14,22H,2-3,6-7,12-13,15H2,1H3,(H,25,27). The highest BCUT2D eigenvalue weighted by Crippen LogP contribution is 2.29. The molecule has 0 atom stereocenters. The lowest BCUT2D eigenvalue weighted by molar-refractivity contribution is -0.0504. The molecular weight excluding hydrogens is 442 g/mol. The van der Waals surface area contributed by atoms with Crippen molar-refractivity contribution in [2.45, 2.75) is 43.7 Å². The molecule has 0 aliphatic carbocycles. The van der Waals surface area contributed by atoms with Crippen LogP contribution >= 0.6 is 0 Å². The van der Waals surface area contributed by atoms with E-state index in [0.717, 1.165) is 25.7 Å². The number of sulfonamides is 1. The summed E-state index contributed by atoms with van der Waals surface area (Å²) in [5, 5.41) is 2.62. The molecule has 2 aromatic carbocycles. The highest BCUT2D eigenvalue weighted by atomic mass is 32.2. The Morgan fingerprint density at radius 1 is 1.06 bits per heavy atom. The lowest BCUT2D eigenvalue weighted by atomic mass is 10.1. The smallest absolute Gasteiger partial charge is 0.387 e. The van der Waals surface area contributed by atoms with Crippen molar-refractivity contribution in [2.75, 3.05) is 20.2 Å². The number of alkyl halides is 2. The summed E-state index contributed by atoms with van der Waals surface area (Å²) >= 11 is 0. The highest BCUT2D eigenvalue weighted by Gasteiger charge is 2.29. The topological polar surface area (TPSA) is 84.9 Å². The molecule has 1 fully saturated rings. The van der Waals surface area contributed by atoms with Crippen LogP contribution in [0, 0.1) is 0 Å². The number of para-hydroxylation sites is 1. The van der Waals surface area contributed by atoms with Crippen LogP contribution in [-0.2, 0) is 16.6 Å². The average Bonchev–Trinajstić information content (AvgIpc) is 3.08. The van der Waals surface area contributed by atoms with Crippen molar-refractivity contribution in [1.82, 2.24) is 9.62 Å². The number of halogens is 2. The van der Waals surface area contributed by atoms with Gasteiger partial charge in [-0.3, -0.25) is 4.79 Å². The first-order valence-electron chi connectivity index (χ1n) is 10.3. The molecule has 1 aliphatic heterocycles. The van der Waals surface area contributed by atoms with E-state index in [1.165, 1.54) is 35.7 Å². The summed E-state index contributed by atoms with van der Waals surface area (Å²) in [6.45, 7) is -2.21. The molecule has 1 N–H and O–H groups in total. The number of hydrogen-bond donors (Lipinski definition) is 1. The molecule has 174 valence electrons. The van der Waals surface area contributed by atoms with Gasteiger partial charge in [-0.05, 0) is 37.1 Å². The number of amides is 1. The molecule has 0 aromatic heterocycles. The molecule has 0 unspecified atom stereocenters. The van der Waals surface area contributed by atoms with Gasteiger partial charge in [0.25, 0.3) is 5.91 Å². The van der Waals surface area contributed by atoms with Crippen molar-refractivity contribution >= 4 is 15.9 Å². The molecular formula is C22H26F2N2O5S. The van der Waals surface area contributed by atoms with Crippen molar-refractivity contribution in [3.63, 3.8) is 0 Å². The maximum atomic E-state index is 13.2. The first-order valence-corrected chi connectivity index (χ1v) is 11.8. The van der Waals surface area contributed by atoms with Crippen molar-refractivity contribution in [3.8, 4) is 11.5 Å². The Bertz CT molecular complexity index is 1040. The van der Waals surface area contributed by atoms with E-state index in [9.17, 15) is 22.0 Å². The molecule has 1 heterocycles. The van der Waals surface area contributed by atoms with Crippen molar-refractivity contribution in [3.05, 3.63) is 53.6 Å². The molecule has 3 rings (SSSR count). The fraction of sp³-hybridized carbons (Fsp3) is 0.409. The van der Waals surface area contributed by atoms with Gasteiger partial charge in [-0.25, -0.2) is 8.42 Å². The Morgan fingerprint density at radius 3 is 2.41 bits per heavy atom. The van der Waals surface area contributed by atoms with E-state index in [4.69, 9.17) is 4.74 Å². The van der Waals surface area contributed by atoms with E-state index in [1.54, 1.807) is 18.2 Å². The van der Waals surface area contributed by atoms with Crippen LogP contribution in [0.15, 0.2) is 47.4 Å². The number of methoxy groups -OCH3 is 1. The Labute approximate surface area is 186 Å². The minimum absolute atomic E-state index is 0.0399. The van der Waals surface area contributed by atoms with Crippen LogP contribution in [-0.4, -0.2) is 45.4 Å². The zero-order valence-electron chi connectivity index (χ0n) is 17.7. The summed E-state index contributed by atoms with van der Waals surface area (Å²) in [6, 6.07) is 10.3. The second kappa shape index (κ2) is 10.7. The first kappa shape index (κ1) is 23.9. The summed E-state index contributed by atoms with van der Waals surface area (Å²) in [5.74, 6) is -0.435. The second-order valence-corrected chi connectivity index (χ2v) is 9.26. The predicted octanol–water partition coefficient (Wildman–Crippen LogP) is 3.79. The molecule has 1 aliphatic rings. The zero-order chi connectivity index (χ0) is 23.1. The van der Waals surface area contributed by atoms with Crippen LogP contribution in [0.5, 0.6) is 11.5 Å². The number of nitrogens with one attached hydrogen (secondary N) is 1. The van der Waals surface area contributed by atoms with Crippen molar-refractivity contribution in [1.29, 1.82) is 0 Å².